The Bertz CT molecular complexity index is 656. The van der Waals surface area contributed by atoms with Crippen molar-refractivity contribution in [3.8, 4) is 0 Å². The van der Waals surface area contributed by atoms with E-state index in [0.717, 1.165) is 0 Å². The van der Waals surface area contributed by atoms with E-state index in [1.807, 2.05) is 32.0 Å². The van der Waals surface area contributed by atoms with Gasteiger partial charge in [-0.1, -0.05) is 18.2 Å². The van der Waals surface area contributed by atoms with Gasteiger partial charge in [0.1, 0.15) is 0 Å². The Kier molecular flexibility index (Phi) is 11.7. The fourth-order valence-corrected chi connectivity index (χ4v) is 2.72. The topological polar surface area (TPSA) is 132 Å². The summed E-state index contributed by atoms with van der Waals surface area (Å²) in [6.45, 7) is 4.95. The van der Waals surface area contributed by atoms with E-state index in [9.17, 15) is 14.4 Å². The molecule has 0 heterocycles. The number of carbonyl (C=O) groups excluding carboxylic acids is 2. The van der Waals surface area contributed by atoms with Crippen LogP contribution < -0.4 is 21.3 Å². The Morgan fingerprint density at radius 1 is 1.10 bits per heavy atom. The molecule has 0 aliphatic heterocycles. The van der Waals surface area contributed by atoms with Crippen LogP contribution in [0.2, 0.25) is 0 Å². The second kappa shape index (κ2) is 14.0. The number of nitrogens with one attached hydrogen (secondary N) is 4. The number of methoxy groups -OCH3 is 1. The molecule has 0 spiro atoms. The van der Waals surface area contributed by atoms with Gasteiger partial charge in [0.15, 0.2) is 0 Å². The first-order valence-electron chi connectivity index (χ1n) is 9.95. The molecule has 0 saturated carbocycles. The van der Waals surface area contributed by atoms with Crippen LogP contribution in [0.1, 0.15) is 26.7 Å². The molecule has 0 unspecified atom stereocenters. The minimum Gasteiger partial charge on any atom is -0.465 e. The molecule has 0 radical (unpaired) electrons. The molecule has 0 bridgehead atoms. The summed E-state index contributed by atoms with van der Waals surface area (Å²) in [6.07, 6.45) is 0.134. The van der Waals surface area contributed by atoms with Gasteiger partial charge in [0.25, 0.3) is 0 Å². The van der Waals surface area contributed by atoms with Crippen LogP contribution >= 0.6 is 0 Å². The molecule has 10 nitrogen and oxygen atoms in total. The number of para-hydroxylation sites is 1. The maximum Gasteiger partial charge on any atom is 0.404 e. The highest BCUT2D eigenvalue weighted by atomic mass is 16.5. The lowest BCUT2D eigenvalue weighted by Crippen LogP contribution is -2.52. The number of amides is 5. The number of benzene rings is 1. The summed E-state index contributed by atoms with van der Waals surface area (Å²) in [5.41, 5.74) is 0.659. The molecule has 5 amide bonds. The number of unbranched alkanes of at least 4 members (excludes halogenated alkanes) is 1. The van der Waals surface area contributed by atoms with E-state index < -0.39 is 18.2 Å². The molecule has 1 atom stereocenters. The van der Waals surface area contributed by atoms with Crippen LogP contribution in [0.5, 0.6) is 0 Å². The van der Waals surface area contributed by atoms with Crippen LogP contribution in [-0.2, 0) is 4.74 Å². The number of rotatable bonds is 12. The van der Waals surface area contributed by atoms with Gasteiger partial charge in [0.2, 0.25) is 0 Å². The molecule has 5 N–H and O–H groups in total. The first kappa shape index (κ1) is 25.0. The number of hydrogen-bond donors (Lipinski definition) is 5. The molecule has 0 aromatic heterocycles. The SMILES string of the molecule is COC[C@@H](CN(CCCCNC(=O)O)C(=O)NC(C)C)NC(=O)Nc1ccccc1. The van der Waals surface area contributed by atoms with Gasteiger partial charge < -0.3 is 36.0 Å². The van der Waals surface area contributed by atoms with Crippen molar-refractivity contribution in [3.05, 3.63) is 30.3 Å². The number of urea groups is 2. The molecule has 168 valence electrons. The second-order valence-corrected chi connectivity index (χ2v) is 7.11. The molecule has 0 fully saturated rings. The van der Waals surface area contributed by atoms with E-state index in [-0.39, 0.29) is 25.2 Å². The van der Waals surface area contributed by atoms with Crippen molar-refractivity contribution in [2.45, 2.75) is 38.8 Å². The first-order valence-corrected chi connectivity index (χ1v) is 9.95. The molecule has 1 aromatic rings. The van der Waals surface area contributed by atoms with Crippen LogP contribution in [0.15, 0.2) is 30.3 Å². The lowest BCUT2D eigenvalue weighted by atomic mass is 10.2. The van der Waals surface area contributed by atoms with Crippen molar-refractivity contribution in [1.29, 1.82) is 0 Å². The van der Waals surface area contributed by atoms with E-state index in [1.54, 1.807) is 17.0 Å². The number of carboxylic acid groups (broad SMARTS) is 1. The largest absolute Gasteiger partial charge is 0.465 e. The molecule has 0 aliphatic carbocycles. The van der Waals surface area contributed by atoms with E-state index in [4.69, 9.17) is 9.84 Å². The third kappa shape index (κ3) is 11.1. The van der Waals surface area contributed by atoms with Gasteiger partial charge in [0, 0.05) is 38.5 Å². The summed E-state index contributed by atoms with van der Waals surface area (Å²) in [5, 5.41) is 19.4. The predicted octanol–water partition coefficient (Wildman–Crippen LogP) is 2.29. The Morgan fingerprint density at radius 2 is 1.80 bits per heavy atom. The molecular formula is C20H33N5O5. The Balaban J connectivity index is 2.67. The maximum atomic E-state index is 12.6. The van der Waals surface area contributed by atoms with Crippen molar-refractivity contribution in [2.75, 3.05) is 38.7 Å². The van der Waals surface area contributed by atoms with E-state index in [0.29, 0.717) is 31.6 Å². The Labute approximate surface area is 177 Å². The molecule has 0 saturated heterocycles. The summed E-state index contributed by atoms with van der Waals surface area (Å²) in [4.78, 5) is 37.0. The second-order valence-electron chi connectivity index (χ2n) is 7.11. The highest BCUT2D eigenvalue weighted by Crippen LogP contribution is 2.05. The third-order valence-electron chi connectivity index (χ3n) is 4.01. The monoisotopic (exact) mass is 423 g/mol. The van der Waals surface area contributed by atoms with E-state index >= 15 is 0 Å². The maximum absolute atomic E-state index is 12.6. The zero-order valence-corrected chi connectivity index (χ0v) is 17.8. The lowest BCUT2D eigenvalue weighted by Gasteiger charge is -2.29. The van der Waals surface area contributed by atoms with Crippen LogP contribution in [0.3, 0.4) is 0 Å². The van der Waals surface area contributed by atoms with Gasteiger partial charge in [-0.2, -0.15) is 0 Å². The van der Waals surface area contributed by atoms with Crippen molar-refractivity contribution in [3.63, 3.8) is 0 Å². The van der Waals surface area contributed by atoms with Crippen molar-refractivity contribution in [2.24, 2.45) is 0 Å². The number of carbonyl (C=O) groups is 3. The van der Waals surface area contributed by atoms with Crippen LogP contribution in [0.4, 0.5) is 20.1 Å². The molecule has 0 aliphatic rings. The summed E-state index contributed by atoms with van der Waals surface area (Å²) in [5.74, 6) is 0. The number of anilines is 1. The summed E-state index contributed by atoms with van der Waals surface area (Å²) in [6, 6.07) is 7.95. The number of hydrogen-bond acceptors (Lipinski definition) is 4. The molecule has 1 aromatic carbocycles. The van der Waals surface area contributed by atoms with Crippen LogP contribution in [0, 0.1) is 0 Å². The van der Waals surface area contributed by atoms with Gasteiger partial charge in [0.05, 0.1) is 12.6 Å². The number of nitrogens with zero attached hydrogens (tertiary/aromatic N) is 1. The summed E-state index contributed by atoms with van der Waals surface area (Å²) < 4.78 is 5.21. The average molecular weight is 424 g/mol. The zero-order valence-electron chi connectivity index (χ0n) is 17.8. The van der Waals surface area contributed by atoms with Gasteiger partial charge in [-0.05, 0) is 38.8 Å². The minimum atomic E-state index is -1.07. The minimum absolute atomic E-state index is 0.0381. The summed E-state index contributed by atoms with van der Waals surface area (Å²) >= 11 is 0. The molecular weight excluding hydrogens is 390 g/mol. The van der Waals surface area contributed by atoms with Gasteiger partial charge in [-0.25, -0.2) is 14.4 Å². The number of ether oxygens (including phenoxy) is 1. The van der Waals surface area contributed by atoms with Gasteiger partial charge >= 0.3 is 18.2 Å². The highest BCUT2D eigenvalue weighted by Gasteiger charge is 2.21. The quantitative estimate of drug-likeness (QED) is 0.329. The molecule has 1 rings (SSSR count). The normalized spacial score (nSPS) is 11.5. The lowest BCUT2D eigenvalue weighted by molar-refractivity contribution is 0.141. The van der Waals surface area contributed by atoms with Crippen LogP contribution in [0.25, 0.3) is 0 Å². The van der Waals surface area contributed by atoms with E-state index in [1.165, 1.54) is 7.11 Å². The fraction of sp³-hybridized carbons (Fsp3) is 0.550. The molecule has 30 heavy (non-hydrogen) atoms. The Morgan fingerprint density at radius 3 is 2.40 bits per heavy atom. The standard InChI is InChI=1S/C20H33N5O5/c1-15(2)22-19(27)25(12-8-7-11-21-20(28)29)13-17(14-30-3)24-18(26)23-16-9-5-4-6-10-16/h4-6,9-10,15,17,21H,7-8,11-14H2,1-3H3,(H,22,27)(H,28,29)(H2,23,24,26)/t17-/m1/s1. The smallest absolute Gasteiger partial charge is 0.404 e. The average Bonchev–Trinajstić information content (AvgIpc) is 2.66. The van der Waals surface area contributed by atoms with Crippen LogP contribution in [-0.4, -0.2) is 73.6 Å². The van der Waals surface area contributed by atoms with Gasteiger partial charge in [-0.3, -0.25) is 0 Å². The summed E-state index contributed by atoms with van der Waals surface area (Å²) in [7, 11) is 1.53. The Hall–Kier alpha value is -3.01. The van der Waals surface area contributed by atoms with Crippen molar-refractivity contribution in [1.82, 2.24) is 20.9 Å². The van der Waals surface area contributed by atoms with Crippen molar-refractivity contribution >= 4 is 23.8 Å². The fourth-order valence-electron chi connectivity index (χ4n) is 2.72. The highest BCUT2D eigenvalue weighted by molar-refractivity contribution is 5.89. The zero-order chi connectivity index (χ0) is 22.4. The van der Waals surface area contributed by atoms with Gasteiger partial charge in [-0.15, -0.1) is 0 Å². The predicted molar refractivity (Wildman–Crippen MR) is 115 cm³/mol. The third-order valence-corrected chi connectivity index (χ3v) is 4.01. The van der Waals surface area contributed by atoms with E-state index in [2.05, 4.69) is 21.3 Å². The molecule has 10 heteroatoms. The first-order chi connectivity index (χ1) is 14.3. The van der Waals surface area contributed by atoms with Crippen molar-refractivity contribution < 1.29 is 24.2 Å².